The maximum atomic E-state index is 6.27. The lowest BCUT2D eigenvalue weighted by atomic mass is 9.97. The quantitative estimate of drug-likeness (QED) is 0.899. The smallest absolute Gasteiger partial charge is 0.0178 e. The van der Waals surface area contributed by atoms with Crippen LogP contribution in [0.25, 0.3) is 0 Å². The van der Waals surface area contributed by atoms with Crippen LogP contribution < -0.4 is 5.73 Å². The summed E-state index contributed by atoms with van der Waals surface area (Å²) < 4.78 is 1.11. The molecule has 100 valence electrons. The van der Waals surface area contributed by atoms with Gasteiger partial charge < -0.3 is 5.73 Å². The number of hydrogen-bond acceptors (Lipinski definition) is 1. The second-order valence-corrected chi connectivity index (χ2v) is 6.21. The van der Waals surface area contributed by atoms with E-state index in [2.05, 4.69) is 66.2 Å². The normalized spacial score (nSPS) is 12.4. The number of halogens is 1. The molecule has 0 amide bonds. The van der Waals surface area contributed by atoms with Gasteiger partial charge in [-0.05, 0) is 49.9 Å². The Morgan fingerprint density at radius 2 is 1.58 bits per heavy atom. The third kappa shape index (κ3) is 4.48. The van der Waals surface area contributed by atoms with Crippen molar-refractivity contribution in [3.8, 4) is 0 Å². The zero-order chi connectivity index (χ0) is 13.8. The lowest BCUT2D eigenvalue weighted by molar-refractivity contribution is 0.664. The third-order valence-corrected chi connectivity index (χ3v) is 3.66. The average molecular weight is 318 g/mol. The van der Waals surface area contributed by atoms with E-state index < -0.39 is 0 Å². The van der Waals surface area contributed by atoms with Gasteiger partial charge in [-0.3, -0.25) is 0 Å². The number of aryl methyl sites for hydroxylation is 2. The molecular weight excluding hydrogens is 298 g/mol. The summed E-state index contributed by atoms with van der Waals surface area (Å²) in [4.78, 5) is 0. The minimum Gasteiger partial charge on any atom is -0.327 e. The van der Waals surface area contributed by atoms with Gasteiger partial charge in [0.15, 0.2) is 0 Å². The van der Waals surface area contributed by atoms with Crippen molar-refractivity contribution in [1.82, 2.24) is 0 Å². The standard InChI is InChI=1S/C17H20BrN/c1-12-6-13(2)8-15(7-12)11-17(19)10-14-4-3-5-16(18)9-14/h3-9,17H,10-11,19H2,1-2H3. The predicted octanol–water partition coefficient (Wildman–Crippen LogP) is 4.18. The molecule has 0 aliphatic heterocycles. The van der Waals surface area contributed by atoms with Gasteiger partial charge in [-0.25, -0.2) is 0 Å². The fourth-order valence-electron chi connectivity index (χ4n) is 2.53. The van der Waals surface area contributed by atoms with Gasteiger partial charge in [-0.1, -0.05) is 57.4 Å². The fourth-order valence-corrected chi connectivity index (χ4v) is 2.98. The highest BCUT2D eigenvalue weighted by Crippen LogP contribution is 2.15. The Kier molecular flexibility index (Phi) is 4.78. The van der Waals surface area contributed by atoms with Gasteiger partial charge >= 0.3 is 0 Å². The van der Waals surface area contributed by atoms with E-state index >= 15 is 0 Å². The molecular formula is C17H20BrN. The molecule has 0 heterocycles. The van der Waals surface area contributed by atoms with Crippen LogP contribution in [-0.4, -0.2) is 6.04 Å². The zero-order valence-electron chi connectivity index (χ0n) is 11.5. The number of hydrogen-bond donors (Lipinski definition) is 1. The second-order valence-electron chi connectivity index (χ2n) is 5.29. The molecule has 2 rings (SSSR count). The van der Waals surface area contributed by atoms with E-state index in [1.165, 1.54) is 22.3 Å². The summed E-state index contributed by atoms with van der Waals surface area (Å²) >= 11 is 3.50. The number of nitrogens with two attached hydrogens (primary N) is 1. The molecule has 2 heteroatoms. The van der Waals surface area contributed by atoms with E-state index in [0.717, 1.165) is 17.3 Å². The van der Waals surface area contributed by atoms with Crippen LogP contribution in [0.4, 0.5) is 0 Å². The molecule has 0 aliphatic rings. The first-order chi connectivity index (χ1) is 9.02. The van der Waals surface area contributed by atoms with Crippen LogP contribution in [0.1, 0.15) is 22.3 Å². The Morgan fingerprint density at radius 1 is 0.947 bits per heavy atom. The van der Waals surface area contributed by atoms with Crippen LogP contribution in [0.15, 0.2) is 46.9 Å². The SMILES string of the molecule is Cc1cc(C)cc(CC(N)Cc2cccc(Br)c2)c1. The Hall–Kier alpha value is -1.12. The molecule has 0 bridgehead atoms. The van der Waals surface area contributed by atoms with Crippen LogP contribution in [0.2, 0.25) is 0 Å². The highest BCUT2D eigenvalue weighted by molar-refractivity contribution is 9.10. The van der Waals surface area contributed by atoms with Crippen molar-refractivity contribution in [3.05, 3.63) is 69.2 Å². The maximum Gasteiger partial charge on any atom is 0.0178 e. The molecule has 1 unspecified atom stereocenters. The van der Waals surface area contributed by atoms with Gasteiger partial charge in [0.25, 0.3) is 0 Å². The molecule has 0 fully saturated rings. The minimum absolute atomic E-state index is 0.162. The molecule has 0 aliphatic carbocycles. The second kappa shape index (κ2) is 6.36. The van der Waals surface area contributed by atoms with Crippen LogP contribution in [0, 0.1) is 13.8 Å². The van der Waals surface area contributed by atoms with Crippen molar-refractivity contribution >= 4 is 15.9 Å². The van der Waals surface area contributed by atoms with E-state index in [4.69, 9.17) is 5.73 Å². The number of benzene rings is 2. The molecule has 0 aromatic heterocycles. The Balaban J connectivity index is 2.03. The lowest BCUT2D eigenvalue weighted by Crippen LogP contribution is -2.25. The summed E-state index contributed by atoms with van der Waals surface area (Å²) in [5.74, 6) is 0. The summed E-state index contributed by atoms with van der Waals surface area (Å²) in [6.45, 7) is 4.27. The highest BCUT2D eigenvalue weighted by Gasteiger charge is 2.07. The van der Waals surface area contributed by atoms with Gasteiger partial charge in [-0.2, -0.15) is 0 Å². The van der Waals surface area contributed by atoms with Crippen molar-refractivity contribution < 1.29 is 0 Å². The Morgan fingerprint density at radius 3 is 2.21 bits per heavy atom. The Bertz CT molecular complexity index is 543. The summed E-state index contributed by atoms with van der Waals surface area (Å²) in [6, 6.07) is 15.2. The zero-order valence-corrected chi connectivity index (χ0v) is 13.1. The van der Waals surface area contributed by atoms with Crippen LogP contribution in [0.5, 0.6) is 0 Å². The molecule has 2 aromatic carbocycles. The van der Waals surface area contributed by atoms with E-state index in [9.17, 15) is 0 Å². The molecule has 0 radical (unpaired) electrons. The molecule has 2 N–H and O–H groups in total. The predicted molar refractivity (Wildman–Crippen MR) is 85.4 cm³/mol. The molecule has 1 nitrogen and oxygen atoms in total. The minimum atomic E-state index is 0.162. The van der Waals surface area contributed by atoms with E-state index in [1.54, 1.807) is 0 Å². The first-order valence-electron chi connectivity index (χ1n) is 6.60. The van der Waals surface area contributed by atoms with Gasteiger partial charge in [0.05, 0.1) is 0 Å². The molecule has 0 spiro atoms. The van der Waals surface area contributed by atoms with E-state index in [-0.39, 0.29) is 6.04 Å². The monoisotopic (exact) mass is 317 g/mol. The summed E-state index contributed by atoms with van der Waals surface area (Å²) in [5, 5.41) is 0. The van der Waals surface area contributed by atoms with Gasteiger partial charge in [0, 0.05) is 10.5 Å². The van der Waals surface area contributed by atoms with Crippen molar-refractivity contribution in [1.29, 1.82) is 0 Å². The van der Waals surface area contributed by atoms with Crippen molar-refractivity contribution in [2.45, 2.75) is 32.7 Å². The summed E-state index contributed by atoms with van der Waals surface area (Å²) in [6.07, 6.45) is 1.83. The van der Waals surface area contributed by atoms with Gasteiger partial charge in [0.2, 0.25) is 0 Å². The summed E-state index contributed by atoms with van der Waals surface area (Å²) in [7, 11) is 0. The van der Waals surface area contributed by atoms with E-state index in [1.807, 2.05) is 6.07 Å². The van der Waals surface area contributed by atoms with Gasteiger partial charge in [0.1, 0.15) is 0 Å². The largest absolute Gasteiger partial charge is 0.327 e. The molecule has 0 saturated heterocycles. The molecule has 19 heavy (non-hydrogen) atoms. The molecule has 1 atom stereocenters. The van der Waals surface area contributed by atoms with Crippen LogP contribution >= 0.6 is 15.9 Å². The van der Waals surface area contributed by atoms with Gasteiger partial charge in [-0.15, -0.1) is 0 Å². The van der Waals surface area contributed by atoms with Crippen molar-refractivity contribution in [3.63, 3.8) is 0 Å². The van der Waals surface area contributed by atoms with Crippen molar-refractivity contribution in [2.75, 3.05) is 0 Å². The van der Waals surface area contributed by atoms with Crippen LogP contribution in [0.3, 0.4) is 0 Å². The average Bonchev–Trinajstić information content (AvgIpc) is 2.26. The highest BCUT2D eigenvalue weighted by atomic mass is 79.9. The Labute approximate surface area is 124 Å². The van der Waals surface area contributed by atoms with Crippen LogP contribution in [-0.2, 0) is 12.8 Å². The lowest BCUT2D eigenvalue weighted by Gasteiger charge is -2.13. The fraction of sp³-hybridized carbons (Fsp3) is 0.294. The maximum absolute atomic E-state index is 6.27. The molecule has 2 aromatic rings. The molecule has 0 saturated carbocycles. The van der Waals surface area contributed by atoms with E-state index in [0.29, 0.717) is 0 Å². The first-order valence-corrected chi connectivity index (χ1v) is 7.39. The topological polar surface area (TPSA) is 26.0 Å². The first kappa shape index (κ1) is 14.3. The van der Waals surface area contributed by atoms with Crippen molar-refractivity contribution in [2.24, 2.45) is 5.73 Å². The third-order valence-electron chi connectivity index (χ3n) is 3.17. The number of rotatable bonds is 4. The summed E-state index contributed by atoms with van der Waals surface area (Å²) in [5.41, 5.74) is 11.5.